The molecule has 1 aromatic rings. The quantitative estimate of drug-likeness (QED) is 0.580. The zero-order valence-corrected chi connectivity index (χ0v) is 15.9. The van der Waals surface area contributed by atoms with Gasteiger partial charge in [0.05, 0.1) is 5.41 Å². The van der Waals surface area contributed by atoms with Crippen molar-refractivity contribution in [1.29, 1.82) is 0 Å². The molecular formula is C18H21IN2O3. The predicted octanol–water partition coefficient (Wildman–Crippen LogP) is 3.25. The molecule has 0 bridgehead atoms. The minimum Gasteiger partial charge on any atom is -0.324 e. The lowest BCUT2D eigenvalue weighted by atomic mass is 9.73. The summed E-state index contributed by atoms with van der Waals surface area (Å²) in [5.41, 5.74) is 1.14. The van der Waals surface area contributed by atoms with E-state index in [4.69, 9.17) is 0 Å². The maximum absolute atomic E-state index is 12.7. The number of hydrogen-bond donors (Lipinski definition) is 1. The molecule has 1 saturated heterocycles. The SMILES string of the molecule is Cc1cc(I)ccc1NC(=O)CN1C(=O)CC2(CCCCC2)C1=O. The number of rotatable bonds is 3. The van der Waals surface area contributed by atoms with Gasteiger partial charge in [0.2, 0.25) is 17.7 Å². The Bertz CT molecular complexity index is 696. The predicted molar refractivity (Wildman–Crippen MR) is 99.4 cm³/mol. The number of nitrogens with one attached hydrogen (secondary N) is 1. The van der Waals surface area contributed by atoms with Gasteiger partial charge in [-0.2, -0.15) is 0 Å². The Labute approximate surface area is 155 Å². The molecule has 1 aromatic carbocycles. The summed E-state index contributed by atoms with van der Waals surface area (Å²) in [4.78, 5) is 38.5. The molecule has 1 aliphatic heterocycles. The van der Waals surface area contributed by atoms with Crippen LogP contribution in [0.1, 0.15) is 44.1 Å². The highest BCUT2D eigenvalue weighted by Gasteiger charge is 2.51. The maximum Gasteiger partial charge on any atom is 0.244 e. The van der Waals surface area contributed by atoms with Gasteiger partial charge < -0.3 is 5.32 Å². The van der Waals surface area contributed by atoms with Crippen molar-refractivity contribution in [3.05, 3.63) is 27.3 Å². The van der Waals surface area contributed by atoms with Gasteiger partial charge in [0.15, 0.2) is 0 Å². The fourth-order valence-corrected chi connectivity index (χ4v) is 4.39. The molecule has 1 aliphatic carbocycles. The standard InChI is InChI=1S/C18H21IN2O3/c1-12-9-13(19)5-6-14(12)20-15(22)11-21-16(23)10-18(17(21)24)7-3-2-4-8-18/h5-6,9H,2-4,7-8,10-11H2,1H3,(H,20,22). The van der Waals surface area contributed by atoms with E-state index in [1.807, 2.05) is 25.1 Å². The third-order valence-corrected chi connectivity index (χ3v) is 5.74. The number of nitrogens with zero attached hydrogens (tertiary/aromatic N) is 1. The molecule has 128 valence electrons. The number of likely N-dealkylation sites (tertiary alicyclic amines) is 1. The molecule has 1 N–H and O–H groups in total. The van der Waals surface area contributed by atoms with Gasteiger partial charge in [-0.1, -0.05) is 19.3 Å². The van der Waals surface area contributed by atoms with Crippen LogP contribution in [-0.4, -0.2) is 29.2 Å². The van der Waals surface area contributed by atoms with Crippen molar-refractivity contribution in [2.45, 2.75) is 45.4 Å². The van der Waals surface area contributed by atoms with Gasteiger partial charge in [-0.05, 0) is 66.1 Å². The van der Waals surface area contributed by atoms with E-state index in [1.165, 1.54) is 0 Å². The summed E-state index contributed by atoms with van der Waals surface area (Å²) >= 11 is 2.21. The highest BCUT2D eigenvalue weighted by molar-refractivity contribution is 14.1. The van der Waals surface area contributed by atoms with E-state index in [0.717, 1.165) is 46.1 Å². The van der Waals surface area contributed by atoms with Crippen LogP contribution in [0.5, 0.6) is 0 Å². The van der Waals surface area contributed by atoms with Crippen LogP contribution < -0.4 is 5.32 Å². The van der Waals surface area contributed by atoms with Crippen LogP contribution in [0.25, 0.3) is 0 Å². The number of aryl methyl sites for hydroxylation is 1. The molecule has 0 unspecified atom stereocenters. The largest absolute Gasteiger partial charge is 0.324 e. The summed E-state index contributed by atoms with van der Waals surface area (Å²) in [6.45, 7) is 1.73. The van der Waals surface area contributed by atoms with Gasteiger partial charge in [-0.3, -0.25) is 19.3 Å². The van der Waals surface area contributed by atoms with Crippen LogP contribution in [-0.2, 0) is 14.4 Å². The first-order valence-corrected chi connectivity index (χ1v) is 9.40. The van der Waals surface area contributed by atoms with Crippen molar-refractivity contribution in [3.8, 4) is 0 Å². The Morgan fingerprint density at radius 1 is 1.25 bits per heavy atom. The van der Waals surface area contributed by atoms with Gasteiger partial charge in [0, 0.05) is 15.7 Å². The Morgan fingerprint density at radius 2 is 1.96 bits per heavy atom. The molecule has 1 heterocycles. The molecule has 0 radical (unpaired) electrons. The normalized spacial score (nSPS) is 19.8. The number of carbonyl (C=O) groups is 3. The van der Waals surface area contributed by atoms with E-state index >= 15 is 0 Å². The second-order valence-electron chi connectivity index (χ2n) is 6.81. The highest BCUT2D eigenvalue weighted by atomic mass is 127. The Balaban J connectivity index is 1.68. The van der Waals surface area contributed by atoms with Crippen LogP contribution in [0.4, 0.5) is 5.69 Å². The Hall–Kier alpha value is -1.44. The van der Waals surface area contributed by atoms with Crippen molar-refractivity contribution in [2.75, 3.05) is 11.9 Å². The first-order valence-electron chi connectivity index (χ1n) is 8.32. The lowest BCUT2D eigenvalue weighted by Crippen LogP contribution is -2.41. The number of anilines is 1. The van der Waals surface area contributed by atoms with Gasteiger partial charge in [-0.25, -0.2) is 0 Å². The molecule has 3 rings (SSSR count). The molecule has 1 saturated carbocycles. The van der Waals surface area contributed by atoms with Crippen LogP contribution in [0.15, 0.2) is 18.2 Å². The van der Waals surface area contributed by atoms with Crippen LogP contribution >= 0.6 is 22.6 Å². The number of amides is 3. The molecular weight excluding hydrogens is 419 g/mol. The van der Waals surface area contributed by atoms with E-state index in [0.29, 0.717) is 5.69 Å². The van der Waals surface area contributed by atoms with Crippen molar-refractivity contribution in [2.24, 2.45) is 5.41 Å². The van der Waals surface area contributed by atoms with E-state index < -0.39 is 5.41 Å². The summed E-state index contributed by atoms with van der Waals surface area (Å²) < 4.78 is 1.09. The molecule has 2 aliphatic rings. The molecule has 5 nitrogen and oxygen atoms in total. The average molecular weight is 440 g/mol. The number of benzene rings is 1. The number of halogens is 1. The molecule has 3 amide bonds. The number of imide groups is 1. The lowest BCUT2D eigenvalue weighted by molar-refractivity contribution is -0.144. The summed E-state index contributed by atoms with van der Waals surface area (Å²) in [6, 6.07) is 5.72. The maximum atomic E-state index is 12.7. The molecule has 1 spiro atoms. The lowest BCUT2D eigenvalue weighted by Gasteiger charge is -2.30. The van der Waals surface area contributed by atoms with E-state index in [-0.39, 0.29) is 30.7 Å². The number of carbonyl (C=O) groups excluding carboxylic acids is 3. The van der Waals surface area contributed by atoms with Gasteiger partial charge >= 0.3 is 0 Å². The number of hydrogen-bond acceptors (Lipinski definition) is 3. The minimum atomic E-state index is -0.533. The fraction of sp³-hybridized carbons (Fsp3) is 0.500. The average Bonchev–Trinajstić information content (AvgIpc) is 2.75. The second-order valence-corrected chi connectivity index (χ2v) is 8.06. The first-order chi connectivity index (χ1) is 11.4. The van der Waals surface area contributed by atoms with Crippen LogP contribution in [0, 0.1) is 15.9 Å². The zero-order chi connectivity index (χ0) is 17.3. The highest BCUT2D eigenvalue weighted by Crippen LogP contribution is 2.45. The van der Waals surface area contributed by atoms with E-state index in [9.17, 15) is 14.4 Å². The molecule has 2 fully saturated rings. The molecule has 0 aromatic heterocycles. The third kappa shape index (κ3) is 3.34. The van der Waals surface area contributed by atoms with E-state index in [1.54, 1.807) is 0 Å². The second kappa shape index (κ2) is 6.82. The summed E-state index contributed by atoms with van der Waals surface area (Å²) in [5.74, 6) is -0.688. The van der Waals surface area contributed by atoms with E-state index in [2.05, 4.69) is 27.9 Å². The first kappa shape index (κ1) is 17.4. The summed E-state index contributed by atoms with van der Waals surface area (Å²) in [5, 5.41) is 2.81. The molecule has 0 atom stereocenters. The monoisotopic (exact) mass is 440 g/mol. The summed E-state index contributed by atoms with van der Waals surface area (Å²) in [6.07, 6.45) is 4.90. The fourth-order valence-electron chi connectivity index (χ4n) is 3.74. The van der Waals surface area contributed by atoms with Gasteiger partial charge in [-0.15, -0.1) is 0 Å². The molecule has 24 heavy (non-hydrogen) atoms. The summed E-state index contributed by atoms with van der Waals surface area (Å²) in [7, 11) is 0. The minimum absolute atomic E-state index is 0.151. The van der Waals surface area contributed by atoms with Gasteiger partial charge in [0.25, 0.3) is 0 Å². The third-order valence-electron chi connectivity index (χ3n) is 5.06. The van der Waals surface area contributed by atoms with Crippen molar-refractivity contribution in [1.82, 2.24) is 4.90 Å². The Morgan fingerprint density at radius 3 is 2.62 bits per heavy atom. The van der Waals surface area contributed by atoms with Crippen molar-refractivity contribution >= 4 is 46.0 Å². The van der Waals surface area contributed by atoms with Crippen LogP contribution in [0.2, 0.25) is 0 Å². The smallest absolute Gasteiger partial charge is 0.244 e. The topological polar surface area (TPSA) is 66.5 Å². The zero-order valence-electron chi connectivity index (χ0n) is 13.7. The Kier molecular flexibility index (Phi) is 4.94. The van der Waals surface area contributed by atoms with Crippen molar-refractivity contribution < 1.29 is 14.4 Å². The van der Waals surface area contributed by atoms with Crippen molar-refractivity contribution in [3.63, 3.8) is 0 Å². The van der Waals surface area contributed by atoms with Crippen LogP contribution in [0.3, 0.4) is 0 Å². The molecule has 6 heteroatoms. The van der Waals surface area contributed by atoms with Gasteiger partial charge in [0.1, 0.15) is 6.54 Å².